The monoisotopic (exact) mass is 213 g/mol. The van der Waals surface area contributed by atoms with Gasteiger partial charge in [0, 0.05) is 13.0 Å². The summed E-state index contributed by atoms with van der Waals surface area (Å²) in [4.78, 5) is 28.4. The summed E-state index contributed by atoms with van der Waals surface area (Å²) in [5.74, 6) is -1.24. The Morgan fingerprint density at radius 2 is 2.08 bits per heavy atom. The van der Waals surface area contributed by atoms with Crippen molar-refractivity contribution in [3.63, 3.8) is 0 Å². The maximum Gasteiger partial charge on any atom is 0.356 e. The molecule has 1 atom stereocenters. The molecule has 0 aliphatic heterocycles. The van der Waals surface area contributed by atoms with Crippen LogP contribution in [0, 0.1) is 0 Å². The summed E-state index contributed by atoms with van der Waals surface area (Å²) in [5, 5.41) is 6.03. The number of aliphatic hydroxyl groups is 1. The first-order chi connectivity index (χ1) is 5.79. The molecule has 13 heavy (non-hydrogen) atoms. The van der Waals surface area contributed by atoms with Gasteiger partial charge in [-0.05, 0) is 0 Å². The maximum absolute atomic E-state index is 10.9. The van der Waals surface area contributed by atoms with Crippen molar-refractivity contribution in [3.8, 4) is 0 Å². The van der Waals surface area contributed by atoms with E-state index in [0.717, 1.165) is 7.11 Å². The van der Waals surface area contributed by atoms with E-state index < -0.39 is 31.9 Å². The molecule has 0 aromatic carbocycles. The van der Waals surface area contributed by atoms with Crippen molar-refractivity contribution in [1.82, 2.24) is 0 Å². The molecule has 0 saturated heterocycles. The van der Waals surface area contributed by atoms with Gasteiger partial charge in [-0.15, -0.1) is 0 Å². The Morgan fingerprint density at radius 1 is 1.62 bits per heavy atom. The highest BCUT2D eigenvalue weighted by Gasteiger charge is 2.50. The molecule has 0 saturated carbocycles. The molecule has 0 aromatic heterocycles. The molecule has 0 amide bonds. The van der Waals surface area contributed by atoms with Gasteiger partial charge in [-0.3, -0.25) is 4.57 Å². The molecule has 0 spiro atoms. The Labute approximate surface area is 74.7 Å². The van der Waals surface area contributed by atoms with E-state index in [0.29, 0.717) is 0 Å². The summed E-state index contributed by atoms with van der Waals surface area (Å²) in [6, 6.07) is 0. The lowest BCUT2D eigenvalue weighted by atomic mass is 10.2. The van der Waals surface area contributed by atoms with Crippen molar-refractivity contribution < 1.29 is 29.0 Å². The van der Waals surface area contributed by atoms with Crippen molar-refractivity contribution in [2.24, 2.45) is 5.73 Å². The van der Waals surface area contributed by atoms with Crippen molar-refractivity contribution >= 4 is 13.6 Å². The number of carbonyl (C=O) groups is 1. The smallest absolute Gasteiger partial charge is 0.356 e. The molecule has 7 nitrogen and oxygen atoms in total. The molecule has 0 bridgehead atoms. The second-order valence-electron chi connectivity index (χ2n) is 2.43. The Bertz CT molecular complexity index is 237. The fourth-order valence-corrected chi connectivity index (χ4v) is 1.43. The minimum Gasteiger partial charge on any atom is -0.467 e. The van der Waals surface area contributed by atoms with E-state index in [9.17, 15) is 9.36 Å². The third kappa shape index (κ3) is 2.49. The number of hydrogen-bond donors (Lipinski definition) is 4. The summed E-state index contributed by atoms with van der Waals surface area (Å²) in [5.41, 5.74) is 5.14. The zero-order valence-electron chi connectivity index (χ0n) is 7.01. The maximum atomic E-state index is 10.9. The molecule has 0 rings (SSSR count). The first-order valence-electron chi connectivity index (χ1n) is 3.33. The summed E-state index contributed by atoms with van der Waals surface area (Å²) in [6.07, 6.45) is -0.552. The highest BCUT2D eigenvalue weighted by molar-refractivity contribution is 7.54. The molecule has 0 aliphatic rings. The molecule has 0 fully saturated rings. The van der Waals surface area contributed by atoms with Crippen LogP contribution in [0.25, 0.3) is 0 Å². The minimum atomic E-state index is -4.83. The number of ether oxygens (including phenoxy) is 1. The normalized spacial score (nSPS) is 16.4. The number of hydrogen-bond acceptors (Lipinski definition) is 5. The molecule has 1 unspecified atom stereocenters. The molecule has 0 heterocycles. The fraction of sp³-hybridized carbons (Fsp3) is 0.800. The van der Waals surface area contributed by atoms with Crippen LogP contribution in [0.15, 0.2) is 0 Å². The highest BCUT2D eigenvalue weighted by atomic mass is 31.2. The largest absolute Gasteiger partial charge is 0.467 e. The summed E-state index contributed by atoms with van der Waals surface area (Å²) in [6.45, 7) is -0.614. The topological polar surface area (TPSA) is 130 Å². The Morgan fingerprint density at radius 3 is 2.31 bits per heavy atom. The van der Waals surface area contributed by atoms with Gasteiger partial charge < -0.3 is 25.4 Å². The molecule has 0 radical (unpaired) electrons. The standard InChI is InChI=1S/C5H12NO6P/c1-12-4(8)5(6,2-3-7)13(9,10)11/h7H,2-3,6H2,1H3,(H2,9,10,11). The van der Waals surface area contributed by atoms with Crippen LogP contribution in [0.4, 0.5) is 0 Å². The molecule has 5 N–H and O–H groups in total. The number of methoxy groups -OCH3 is 1. The van der Waals surface area contributed by atoms with E-state index in [4.69, 9.17) is 20.6 Å². The quantitative estimate of drug-likeness (QED) is 0.326. The van der Waals surface area contributed by atoms with Crippen LogP contribution in [-0.2, 0) is 14.1 Å². The molecule has 8 heteroatoms. The van der Waals surface area contributed by atoms with E-state index in [-0.39, 0.29) is 0 Å². The van der Waals surface area contributed by atoms with Gasteiger partial charge in [-0.1, -0.05) is 0 Å². The number of nitrogens with two attached hydrogens (primary N) is 1. The lowest BCUT2D eigenvalue weighted by Crippen LogP contribution is -2.49. The molecule has 0 aromatic rings. The van der Waals surface area contributed by atoms with Crippen LogP contribution < -0.4 is 5.73 Å². The first-order valence-corrected chi connectivity index (χ1v) is 4.94. The number of carbonyl (C=O) groups excluding carboxylic acids is 1. The zero-order valence-corrected chi connectivity index (χ0v) is 7.90. The van der Waals surface area contributed by atoms with E-state index >= 15 is 0 Å². The van der Waals surface area contributed by atoms with Gasteiger partial charge >= 0.3 is 13.6 Å². The van der Waals surface area contributed by atoms with Crippen molar-refractivity contribution in [2.75, 3.05) is 13.7 Å². The van der Waals surface area contributed by atoms with Crippen LogP contribution in [0.1, 0.15) is 6.42 Å². The minimum absolute atomic E-state index is 0.552. The lowest BCUT2D eigenvalue weighted by molar-refractivity contribution is -0.144. The molecular formula is C5H12NO6P. The predicted octanol–water partition coefficient (Wildman–Crippen LogP) is -1.63. The van der Waals surface area contributed by atoms with Crippen molar-refractivity contribution in [3.05, 3.63) is 0 Å². The second kappa shape index (κ2) is 4.17. The van der Waals surface area contributed by atoms with Gasteiger partial charge in [0.2, 0.25) is 5.28 Å². The highest BCUT2D eigenvalue weighted by Crippen LogP contribution is 2.49. The number of rotatable bonds is 4. The van der Waals surface area contributed by atoms with E-state index in [1.54, 1.807) is 0 Å². The van der Waals surface area contributed by atoms with Crippen LogP contribution in [0.3, 0.4) is 0 Å². The molecular weight excluding hydrogens is 201 g/mol. The summed E-state index contributed by atoms with van der Waals surface area (Å²) < 4.78 is 14.9. The van der Waals surface area contributed by atoms with Gasteiger partial charge in [0.25, 0.3) is 0 Å². The average Bonchev–Trinajstić information content (AvgIpc) is 2.01. The van der Waals surface area contributed by atoms with Gasteiger partial charge in [0.05, 0.1) is 7.11 Å². The van der Waals surface area contributed by atoms with Crippen LogP contribution in [0.2, 0.25) is 0 Å². The molecule has 0 aliphatic carbocycles. The van der Waals surface area contributed by atoms with E-state index in [1.165, 1.54) is 0 Å². The van der Waals surface area contributed by atoms with E-state index in [2.05, 4.69) is 4.74 Å². The number of esters is 1. The van der Waals surface area contributed by atoms with Gasteiger partial charge in [0.1, 0.15) is 0 Å². The summed E-state index contributed by atoms with van der Waals surface area (Å²) >= 11 is 0. The lowest BCUT2D eigenvalue weighted by Gasteiger charge is -2.25. The van der Waals surface area contributed by atoms with Crippen LogP contribution >= 0.6 is 7.60 Å². The van der Waals surface area contributed by atoms with Crippen LogP contribution in [-0.4, -0.2) is 39.9 Å². The van der Waals surface area contributed by atoms with Gasteiger partial charge in [0.15, 0.2) is 0 Å². The fourth-order valence-electron chi connectivity index (χ4n) is 0.714. The second-order valence-corrected chi connectivity index (χ2v) is 4.32. The molecule has 78 valence electrons. The summed E-state index contributed by atoms with van der Waals surface area (Å²) in [7, 11) is -3.88. The first kappa shape index (κ1) is 12.5. The van der Waals surface area contributed by atoms with Crippen molar-refractivity contribution in [1.29, 1.82) is 0 Å². The van der Waals surface area contributed by atoms with Crippen molar-refractivity contribution in [2.45, 2.75) is 11.7 Å². The Hall–Kier alpha value is -0.460. The SMILES string of the molecule is COC(=O)C(N)(CCO)P(=O)(O)O. The third-order valence-electron chi connectivity index (χ3n) is 1.55. The van der Waals surface area contributed by atoms with Crippen LogP contribution in [0.5, 0.6) is 0 Å². The third-order valence-corrected chi connectivity index (χ3v) is 3.00. The Kier molecular flexibility index (Phi) is 4.02. The van der Waals surface area contributed by atoms with Gasteiger partial charge in [-0.25, -0.2) is 4.79 Å². The zero-order chi connectivity index (χ0) is 10.7. The number of aliphatic hydroxyl groups excluding tert-OH is 1. The average molecular weight is 213 g/mol. The van der Waals surface area contributed by atoms with E-state index in [1.807, 2.05) is 0 Å². The predicted molar refractivity (Wildman–Crippen MR) is 42.7 cm³/mol. The Balaban J connectivity index is 4.95. The van der Waals surface area contributed by atoms with Gasteiger partial charge in [-0.2, -0.15) is 0 Å².